The van der Waals surface area contributed by atoms with Gasteiger partial charge in [-0.15, -0.1) is 0 Å². The number of halogens is 3. The molecule has 0 bridgehead atoms. The Kier molecular flexibility index (Phi) is 9.57. The quantitative estimate of drug-likeness (QED) is 0.392. The topological polar surface area (TPSA) is 88.6 Å². The molecule has 1 aromatic heterocycles. The first-order valence-electron chi connectivity index (χ1n) is 13.9. The first-order chi connectivity index (χ1) is 19.0. The first kappa shape index (κ1) is 30.5. The third kappa shape index (κ3) is 6.86. The third-order valence-corrected chi connectivity index (χ3v) is 9.99. The van der Waals surface area contributed by atoms with Gasteiger partial charge in [-0.25, -0.2) is 8.42 Å². The van der Waals surface area contributed by atoms with E-state index in [2.05, 4.69) is 22.1 Å². The number of aromatic nitrogens is 1. The molecule has 1 saturated carbocycles. The Morgan fingerprint density at radius 2 is 1.82 bits per heavy atom. The minimum atomic E-state index is -4.11. The van der Waals surface area contributed by atoms with Crippen molar-refractivity contribution < 1.29 is 31.1 Å². The highest BCUT2D eigenvalue weighted by Gasteiger charge is 2.42. The second-order valence-electron chi connectivity index (χ2n) is 10.8. The minimum Gasteiger partial charge on any atom is -0.382 e. The maximum atomic E-state index is 13.2. The van der Waals surface area contributed by atoms with Gasteiger partial charge in [-0.05, 0) is 67.3 Å². The average molecular weight is 582 g/mol. The van der Waals surface area contributed by atoms with Crippen molar-refractivity contribution in [3.8, 4) is 0 Å². The average Bonchev–Trinajstić information content (AvgIpc) is 3.28. The van der Waals surface area contributed by atoms with Crippen molar-refractivity contribution in [2.24, 2.45) is 11.8 Å². The summed E-state index contributed by atoms with van der Waals surface area (Å²) in [5, 5.41) is 2.97. The summed E-state index contributed by atoms with van der Waals surface area (Å²) in [6.45, 7) is 5.19. The molecule has 0 spiro atoms. The smallest absolute Gasteiger partial charge is 0.382 e. The third-order valence-electron chi connectivity index (χ3n) is 8.24. The maximum Gasteiger partial charge on any atom is 0.391 e. The lowest BCUT2D eigenvalue weighted by Crippen LogP contribution is -2.33. The number of carbonyl (C=O) groups is 1. The fraction of sp³-hybridized carbons (Fsp3) is 0.586. The van der Waals surface area contributed by atoms with Crippen molar-refractivity contribution in [3.63, 3.8) is 0 Å². The van der Waals surface area contributed by atoms with Gasteiger partial charge in [0, 0.05) is 26.4 Å². The van der Waals surface area contributed by atoms with Crippen LogP contribution in [0.3, 0.4) is 0 Å². The molecule has 1 fully saturated rings. The summed E-state index contributed by atoms with van der Waals surface area (Å²) in [5.41, 5.74) is 3.01. The lowest BCUT2D eigenvalue weighted by Gasteiger charge is -2.33. The van der Waals surface area contributed by atoms with Gasteiger partial charge in [0.1, 0.15) is 0 Å². The molecule has 1 amide bonds. The number of alkyl halides is 3. The van der Waals surface area contributed by atoms with Gasteiger partial charge >= 0.3 is 6.18 Å². The summed E-state index contributed by atoms with van der Waals surface area (Å²) >= 11 is 0. The molecule has 0 radical (unpaired) electrons. The number of amides is 1. The van der Waals surface area contributed by atoms with Gasteiger partial charge in [-0.3, -0.25) is 14.7 Å². The van der Waals surface area contributed by atoms with E-state index in [-0.39, 0.29) is 48.0 Å². The minimum absolute atomic E-state index is 0.00537. The zero-order valence-electron chi connectivity index (χ0n) is 23.2. The van der Waals surface area contributed by atoms with E-state index in [1.165, 1.54) is 19.2 Å². The number of sulfone groups is 1. The fourth-order valence-electron chi connectivity index (χ4n) is 5.92. The van der Waals surface area contributed by atoms with Crippen LogP contribution in [0.1, 0.15) is 85.2 Å². The lowest BCUT2D eigenvalue weighted by molar-refractivity contribution is -0.184. The maximum absolute atomic E-state index is 13.2. The Morgan fingerprint density at radius 3 is 2.40 bits per heavy atom. The molecule has 2 aromatic rings. The molecular formula is C29H38F3N3O4S. The Bertz CT molecular complexity index is 1280. The number of pyridine rings is 1. The molecule has 220 valence electrons. The van der Waals surface area contributed by atoms with Crippen LogP contribution < -0.4 is 5.32 Å². The van der Waals surface area contributed by atoms with Gasteiger partial charge in [0.05, 0.1) is 46.5 Å². The van der Waals surface area contributed by atoms with Gasteiger partial charge in [0.2, 0.25) is 0 Å². The van der Waals surface area contributed by atoms with Gasteiger partial charge in [0.25, 0.3) is 5.91 Å². The predicted octanol–water partition coefficient (Wildman–Crippen LogP) is 5.63. The largest absolute Gasteiger partial charge is 0.391 e. The number of nitrogens with zero attached hydrogens (tertiary/aromatic N) is 2. The standard InChI is InChI=1S/C29H38F3N3O4S/c1-4-26-27-22(17-35(26)16-19-6-10-23(11-7-19)29(30,31)32)14-21(15-33-27)28(36)34-25(18-39-3)20-8-12-24(13-9-20)40(37,38)5-2/h8-9,12-15,19,23,25-26H,4-7,10-11,16-18H2,1-3H3,(H,34,36)/t19?,23?,25-,26-/m0/s1. The lowest BCUT2D eigenvalue weighted by atomic mass is 9.81. The zero-order chi connectivity index (χ0) is 29.1. The highest BCUT2D eigenvalue weighted by molar-refractivity contribution is 7.91. The van der Waals surface area contributed by atoms with E-state index in [9.17, 15) is 26.4 Å². The molecule has 11 heteroatoms. The van der Waals surface area contributed by atoms with Crippen LogP contribution >= 0.6 is 0 Å². The van der Waals surface area contributed by atoms with Gasteiger partial charge in [0.15, 0.2) is 9.84 Å². The van der Waals surface area contributed by atoms with Crippen LogP contribution in [0.15, 0.2) is 41.4 Å². The number of hydrogen-bond donors (Lipinski definition) is 1. The summed E-state index contributed by atoms with van der Waals surface area (Å²) in [7, 11) is -1.80. The molecule has 2 heterocycles. The van der Waals surface area contributed by atoms with Crippen LogP contribution in [0.4, 0.5) is 13.2 Å². The molecule has 0 unspecified atom stereocenters. The van der Waals surface area contributed by atoms with Crippen molar-refractivity contribution in [3.05, 3.63) is 58.9 Å². The van der Waals surface area contributed by atoms with Crippen LogP contribution in [0.25, 0.3) is 0 Å². The Labute approximate surface area is 234 Å². The van der Waals surface area contributed by atoms with E-state index in [0.29, 0.717) is 24.9 Å². The van der Waals surface area contributed by atoms with E-state index in [0.717, 1.165) is 29.8 Å². The Balaban J connectivity index is 1.43. The van der Waals surface area contributed by atoms with E-state index in [4.69, 9.17) is 4.74 Å². The SMILES string of the molecule is CC[C@H]1c2ncc(C(=O)N[C@@H](COC)c3ccc(S(=O)(=O)CC)cc3)cc2CN1CC1CCC(C(F)(F)F)CC1. The molecular weight excluding hydrogens is 543 g/mol. The molecule has 1 N–H and O–H groups in total. The normalized spacial score (nSPS) is 22.6. The Morgan fingerprint density at radius 1 is 1.15 bits per heavy atom. The number of rotatable bonds is 10. The number of hydrogen-bond acceptors (Lipinski definition) is 6. The van der Waals surface area contributed by atoms with E-state index < -0.39 is 28.0 Å². The highest BCUT2D eigenvalue weighted by Crippen LogP contribution is 2.42. The molecule has 1 aliphatic heterocycles. The zero-order valence-corrected chi connectivity index (χ0v) is 24.0. The number of methoxy groups -OCH3 is 1. The van der Waals surface area contributed by atoms with E-state index in [1.54, 1.807) is 25.3 Å². The predicted molar refractivity (Wildman–Crippen MR) is 145 cm³/mol. The molecule has 4 rings (SSSR count). The van der Waals surface area contributed by atoms with Gasteiger partial charge < -0.3 is 10.1 Å². The summed E-state index contributed by atoms with van der Waals surface area (Å²) in [6.07, 6.45) is -0.203. The molecule has 1 aliphatic carbocycles. The number of carbonyl (C=O) groups excluding carboxylic acids is 1. The molecule has 1 aromatic carbocycles. The summed E-state index contributed by atoms with van der Waals surface area (Å²) in [4.78, 5) is 20.4. The van der Waals surface area contributed by atoms with Crippen LogP contribution in [0.2, 0.25) is 0 Å². The number of fused-ring (bicyclic) bond motifs is 1. The summed E-state index contributed by atoms with van der Waals surface area (Å²) in [6, 6.07) is 7.87. The van der Waals surface area contributed by atoms with Crippen LogP contribution in [-0.4, -0.2) is 56.4 Å². The van der Waals surface area contributed by atoms with Crippen LogP contribution in [0, 0.1) is 11.8 Å². The molecule has 40 heavy (non-hydrogen) atoms. The van der Waals surface area contributed by atoms with E-state index >= 15 is 0 Å². The van der Waals surface area contributed by atoms with E-state index in [1.807, 2.05) is 6.07 Å². The van der Waals surface area contributed by atoms with Crippen molar-refractivity contribution >= 4 is 15.7 Å². The van der Waals surface area contributed by atoms with Crippen molar-refractivity contribution in [1.29, 1.82) is 0 Å². The van der Waals surface area contributed by atoms with Crippen LogP contribution in [0.5, 0.6) is 0 Å². The van der Waals surface area contributed by atoms with Gasteiger partial charge in [-0.2, -0.15) is 13.2 Å². The van der Waals surface area contributed by atoms with Crippen molar-refractivity contribution in [2.75, 3.05) is 26.0 Å². The highest BCUT2D eigenvalue weighted by atomic mass is 32.2. The first-order valence-corrected chi connectivity index (χ1v) is 15.5. The van der Waals surface area contributed by atoms with Crippen molar-refractivity contribution in [2.45, 2.75) is 75.7 Å². The molecule has 7 nitrogen and oxygen atoms in total. The summed E-state index contributed by atoms with van der Waals surface area (Å²) in [5.74, 6) is -1.28. The Hall–Kier alpha value is -2.50. The fourth-order valence-corrected chi connectivity index (χ4v) is 6.81. The summed E-state index contributed by atoms with van der Waals surface area (Å²) < 4.78 is 68.9. The van der Waals surface area contributed by atoms with Gasteiger partial charge in [-0.1, -0.05) is 26.0 Å². The molecule has 2 atom stereocenters. The molecule has 0 saturated heterocycles. The van der Waals surface area contributed by atoms with Crippen molar-refractivity contribution in [1.82, 2.24) is 15.2 Å². The number of benzene rings is 1. The second-order valence-corrected chi connectivity index (χ2v) is 13.1. The number of ether oxygens (including phenoxy) is 1. The molecule has 2 aliphatic rings. The van der Waals surface area contributed by atoms with Crippen LogP contribution in [-0.2, 0) is 21.1 Å². The monoisotopic (exact) mass is 581 g/mol. The number of nitrogens with one attached hydrogen (secondary N) is 1. The second kappa shape index (κ2) is 12.6.